The molecule has 0 amide bonds. The number of rotatable bonds is 3. The number of pyridine rings is 1. The second-order valence-electron chi connectivity index (χ2n) is 5.33. The molecule has 0 saturated carbocycles. The first-order valence-electron chi connectivity index (χ1n) is 7.17. The summed E-state index contributed by atoms with van der Waals surface area (Å²) >= 11 is 0. The fourth-order valence-electron chi connectivity index (χ4n) is 2.83. The van der Waals surface area contributed by atoms with Crippen molar-refractivity contribution in [2.75, 3.05) is 18.1 Å². The Balaban J connectivity index is 1.83. The van der Waals surface area contributed by atoms with Crippen LogP contribution < -0.4 is 4.90 Å². The molecule has 1 N–H and O–H groups in total. The minimum absolute atomic E-state index is 0.180. The van der Waals surface area contributed by atoms with Crippen LogP contribution >= 0.6 is 0 Å². The van der Waals surface area contributed by atoms with Gasteiger partial charge in [-0.2, -0.15) is 0 Å². The molecule has 0 spiro atoms. The van der Waals surface area contributed by atoms with E-state index in [1.807, 2.05) is 6.92 Å². The molecule has 20 heavy (non-hydrogen) atoms. The summed E-state index contributed by atoms with van der Waals surface area (Å²) in [4.78, 5) is 7.03. The van der Waals surface area contributed by atoms with Crippen molar-refractivity contribution in [2.24, 2.45) is 0 Å². The number of aliphatic hydroxyl groups excluding tert-OH is 1. The van der Waals surface area contributed by atoms with E-state index in [1.54, 1.807) is 0 Å². The lowest BCUT2D eigenvalue weighted by Gasteiger charge is -2.30. The number of benzene rings is 1. The fourth-order valence-corrected chi connectivity index (χ4v) is 2.83. The van der Waals surface area contributed by atoms with Crippen LogP contribution in [0.25, 0.3) is 0 Å². The van der Waals surface area contributed by atoms with E-state index < -0.39 is 0 Å². The molecule has 2 aromatic rings. The fraction of sp³-hybridized carbons (Fsp3) is 0.353. The Labute approximate surface area is 119 Å². The molecule has 0 fully saturated rings. The van der Waals surface area contributed by atoms with Crippen molar-refractivity contribution < 1.29 is 5.11 Å². The van der Waals surface area contributed by atoms with Crippen LogP contribution in [0.2, 0.25) is 0 Å². The largest absolute Gasteiger partial charge is 0.396 e. The van der Waals surface area contributed by atoms with Crippen molar-refractivity contribution in [3.8, 4) is 0 Å². The lowest BCUT2D eigenvalue weighted by molar-refractivity contribution is 0.299. The Morgan fingerprint density at radius 3 is 2.70 bits per heavy atom. The van der Waals surface area contributed by atoms with E-state index in [1.165, 1.54) is 11.1 Å². The molecule has 0 atom stereocenters. The summed E-state index contributed by atoms with van der Waals surface area (Å²) in [5.41, 5.74) is 5.01. The first kappa shape index (κ1) is 13.1. The van der Waals surface area contributed by atoms with Crippen LogP contribution in [0.5, 0.6) is 0 Å². The smallest absolute Gasteiger partial charge is 0.129 e. The molecule has 1 aliphatic heterocycles. The Morgan fingerprint density at radius 2 is 1.95 bits per heavy atom. The van der Waals surface area contributed by atoms with E-state index in [4.69, 9.17) is 10.1 Å². The molecule has 1 aromatic heterocycles. The number of aryl methyl sites for hydroxylation is 1. The van der Waals surface area contributed by atoms with Crippen molar-refractivity contribution in [3.05, 3.63) is 58.8 Å². The Kier molecular flexibility index (Phi) is 3.70. The average Bonchev–Trinajstić information content (AvgIpc) is 2.49. The Bertz CT molecular complexity index is 610. The predicted octanol–water partition coefficient (Wildman–Crippen LogP) is 2.49. The maximum absolute atomic E-state index is 9.03. The lowest BCUT2D eigenvalue weighted by atomic mass is 10.00. The van der Waals surface area contributed by atoms with E-state index in [9.17, 15) is 0 Å². The van der Waals surface area contributed by atoms with Gasteiger partial charge in [-0.15, -0.1) is 0 Å². The van der Waals surface area contributed by atoms with Gasteiger partial charge in [0.15, 0.2) is 0 Å². The number of nitrogens with zero attached hydrogens (tertiary/aromatic N) is 2. The number of hydrogen-bond acceptors (Lipinski definition) is 3. The van der Waals surface area contributed by atoms with Gasteiger partial charge < -0.3 is 10.0 Å². The second-order valence-corrected chi connectivity index (χ2v) is 5.33. The first-order valence-corrected chi connectivity index (χ1v) is 7.17. The number of anilines is 1. The molecular weight excluding hydrogens is 248 g/mol. The van der Waals surface area contributed by atoms with Crippen molar-refractivity contribution in [1.82, 2.24) is 4.98 Å². The summed E-state index contributed by atoms with van der Waals surface area (Å²) < 4.78 is 0. The summed E-state index contributed by atoms with van der Waals surface area (Å²) in [6, 6.07) is 12.8. The second kappa shape index (κ2) is 5.63. The van der Waals surface area contributed by atoms with Crippen LogP contribution in [0.4, 0.5) is 5.82 Å². The third kappa shape index (κ3) is 2.54. The molecule has 1 aliphatic rings. The third-order valence-corrected chi connectivity index (χ3v) is 4.02. The molecule has 3 heteroatoms. The van der Waals surface area contributed by atoms with E-state index in [0.29, 0.717) is 6.42 Å². The summed E-state index contributed by atoms with van der Waals surface area (Å²) in [7, 11) is 0. The molecule has 0 aliphatic carbocycles. The van der Waals surface area contributed by atoms with Gasteiger partial charge in [0.2, 0.25) is 0 Å². The summed E-state index contributed by atoms with van der Waals surface area (Å²) in [5, 5.41) is 9.03. The summed E-state index contributed by atoms with van der Waals surface area (Å²) in [6.45, 7) is 4.15. The molecule has 3 nitrogen and oxygen atoms in total. The van der Waals surface area contributed by atoms with Crippen molar-refractivity contribution >= 4 is 5.82 Å². The van der Waals surface area contributed by atoms with Crippen LogP contribution in [0.1, 0.15) is 22.4 Å². The molecule has 1 aromatic carbocycles. The van der Waals surface area contributed by atoms with Crippen molar-refractivity contribution in [3.63, 3.8) is 0 Å². The van der Waals surface area contributed by atoms with Gasteiger partial charge in [0.1, 0.15) is 5.82 Å². The minimum Gasteiger partial charge on any atom is -0.396 e. The Hall–Kier alpha value is -1.87. The molecule has 0 bridgehead atoms. The van der Waals surface area contributed by atoms with Crippen LogP contribution in [-0.4, -0.2) is 23.2 Å². The van der Waals surface area contributed by atoms with Crippen LogP contribution in [0.3, 0.4) is 0 Å². The van der Waals surface area contributed by atoms with E-state index in [2.05, 4.69) is 41.3 Å². The number of aliphatic hydroxyl groups is 1. The molecule has 0 saturated heterocycles. The van der Waals surface area contributed by atoms with Gasteiger partial charge in [-0.25, -0.2) is 4.98 Å². The van der Waals surface area contributed by atoms with Gasteiger partial charge >= 0.3 is 0 Å². The predicted molar refractivity (Wildman–Crippen MR) is 81.0 cm³/mol. The highest BCUT2D eigenvalue weighted by atomic mass is 16.2. The number of fused-ring (bicyclic) bond motifs is 1. The van der Waals surface area contributed by atoms with Gasteiger partial charge in [-0.3, -0.25) is 0 Å². The SMILES string of the molecule is Cc1nc(N2CCc3ccccc3C2)ccc1CCO. The number of hydrogen-bond donors (Lipinski definition) is 1. The van der Waals surface area contributed by atoms with Gasteiger partial charge in [0.05, 0.1) is 0 Å². The average molecular weight is 268 g/mol. The quantitative estimate of drug-likeness (QED) is 0.929. The van der Waals surface area contributed by atoms with E-state index in [0.717, 1.165) is 36.6 Å². The monoisotopic (exact) mass is 268 g/mol. The Morgan fingerprint density at radius 1 is 1.15 bits per heavy atom. The van der Waals surface area contributed by atoms with Crippen LogP contribution in [0.15, 0.2) is 36.4 Å². The van der Waals surface area contributed by atoms with Gasteiger partial charge in [-0.1, -0.05) is 30.3 Å². The zero-order valence-electron chi connectivity index (χ0n) is 11.8. The van der Waals surface area contributed by atoms with Crippen LogP contribution in [0, 0.1) is 6.92 Å². The highest BCUT2D eigenvalue weighted by Gasteiger charge is 2.17. The van der Waals surface area contributed by atoms with Gasteiger partial charge in [0.25, 0.3) is 0 Å². The van der Waals surface area contributed by atoms with E-state index in [-0.39, 0.29) is 6.61 Å². The minimum atomic E-state index is 0.180. The molecule has 3 rings (SSSR count). The van der Waals surface area contributed by atoms with Crippen LogP contribution in [-0.2, 0) is 19.4 Å². The van der Waals surface area contributed by atoms with Gasteiger partial charge in [0, 0.05) is 25.4 Å². The summed E-state index contributed by atoms with van der Waals surface area (Å²) in [5.74, 6) is 1.04. The number of aromatic nitrogens is 1. The molecular formula is C17H20N2O. The summed E-state index contributed by atoms with van der Waals surface area (Å²) in [6.07, 6.45) is 1.76. The lowest BCUT2D eigenvalue weighted by Crippen LogP contribution is -2.31. The van der Waals surface area contributed by atoms with Gasteiger partial charge in [-0.05, 0) is 42.5 Å². The molecule has 0 radical (unpaired) electrons. The standard InChI is InChI=1S/C17H20N2O/c1-13-14(9-11-20)6-7-17(18-13)19-10-8-15-4-2-3-5-16(15)12-19/h2-7,20H,8-12H2,1H3. The normalized spacial score (nSPS) is 14.2. The topological polar surface area (TPSA) is 36.4 Å². The zero-order chi connectivity index (χ0) is 13.9. The first-order chi connectivity index (χ1) is 9.78. The molecule has 104 valence electrons. The highest BCUT2D eigenvalue weighted by molar-refractivity contribution is 5.46. The molecule has 0 unspecified atom stereocenters. The molecule has 2 heterocycles. The maximum Gasteiger partial charge on any atom is 0.129 e. The zero-order valence-corrected chi connectivity index (χ0v) is 11.8. The van der Waals surface area contributed by atoms with Crippen molar-refractivity contribution in [1.29, 1.82) is 0 Å². The van der Waals surface area contributed by atoms with E-state index >= 15 is 0 Å². The van der Waals surface area contributed by atoms with Crippen molar-refractivity contribution in [2.45, 2.75) is 26.3 Å². The third-order valence-electron chi connectivity index (χ3n) is 4.02. The maximum atomic E-state index is 9.03. The highest BCUT2D eigenvalue weighted by Crippen LogP contribution is 2.23.